The Morgan fingerprint density at radius 1 is 1.03 bits per heavy atom. The molecule has 1 atom stereocenters. The number of Topliss-reactive ketones (excluding diaryl/α,β-unsaturated/α-hetero) is 1. The van der Waals surface area contributed by atoms with Crippen molar-refractivity contribution in [3.05, 3.63) is 95.2 Å². The normalized spacial score (nSPS) is 17.3. The summed E-state index contributed by atoms with van der Waals surface area (Å²) in [5.41, 5.74) is 3.22. The number of aliphatic hydroxyl groups is 1. The highest BCUT2D eigenvalue weighted by molar-refractivity contribution is 6.51. The molecule has 1 fully saturated rings. The lowest BCUT2D eigenvalue weighted by atomic mass is 9.94. The molecule has 182 valence electrons. The van der Waals surface area contributed by atoms with E-state index >= 15 is 0 Å². The van der Waals surface area contributed by atoms with Gasteiger partial charge < -0.3 is 19.9 Å². The van der Waals surface area contributed by atoms with Crippen LogP contribution >= 0.6 is 0 Å². The van der Waals surface area contributed by atoms with Gasteiger partial charge in [-0.1, -0.05) is 50.2 Å². The number of nitrogens with zero attached hydrogens (tertiary/aromatic N) is 1. The summed E-state index contributed by atoms with van der Waals surface area (Å²) in [5, 5.41) is 22.7. The first-order valence-electron chi connectivity index (χ1n) is 11.7. The number of phenols is 1. The van der Waals surface area contributed by atoms with Crippen LogP contribution in [0, 0.1) is 0 Å². The van der Waals surface area contributed by atoms with Gasteiger partial charge in [0, 0.05) is 28.4 Å². The van der Waals surface area contributed by atoms with Crippen LogP contribution in [0.1, 0.15) is 42.5 Å². The number of ether oxygens (including phenoxy) is 1. The van der Waals surface area contributed by atoms with Crippen molar-refractivity contribution in [2.24, 2.45) is 0 Å². The number of ketones is 1. The van der Waals surface area contributed by atoms with E-state index in [0.717, 1.165) is 16.5 Å². The molecule has 0 bridgehead atoms. The average Bonchev–Trinajstić information content (AvgIpc) is 3.42. The number of aliphatic hydroxyl groups excluding tert-OH is 1. The molecule has 2 heterocycles. The van der Waals surface area contributed by atoms with Crippen LogP contribution < -0.4 is 9.64 Å². The molecule has 1 aliphatic heterocycles. The Morgan fingerprint density at radius 2 is 1.75 bits per heavy atom. The second-order valence-corrected chi connectivity index (χ2v) is 9.09. The van der Waals surface area contributed by atoms with E-state index in [-0.39, 0.29) is 22.8 Å². The maximum absolute atomic E-state index is 13.4. The Bertz CT molecular complexity index is 1510. The molecule has 3 N–H and O–H groups in total. The molecule has 1 amide bonds. The molecule has 4 aromatic rings. The highest BCUT2D eigenvalue weighted by Gasteiger charge is 2.47. The van der Waals surface area contributed by atoms with Crippen molar-refractivity contribution in [2.75, 3.05) is 12.0 Å². The molecule has 1 aromatic heterocycles. The van der Waals surface area contributed by atoms with Crippen LogP contribution in [-0.4, -0.2) is 34.0 Å². The van der Waals surface area contributed by atoms with Gasteiger partial charge in [0.1, 0.15) is 5.76 Å². The Hall–Kier alpha value is -4.52. The number of carbonyl (C=O) groups is 2. The molecular formula is C29H26N2O5. The standard InChI is InChI=1S/C29H26N2O5/c1-16(2)17-8-11-19(12-9-17)31-26(18-10-13-24(36-3)23(32)14-18)25(28(34)29(31)35)27(33)21-15-30-22-7-5-4-6-20(21)22/h4-16,26,30,32-33H,1-3H3/b27-25-. The lowest BCUT2D eigenvalue weighted by molar-refractivity contribution is -0.132. The number of para-hydroxylation sites is 1. The van der Waals surface area contributed by atoms with Crippen molar-refractivity contribution in [2.45, 2.75) is 25.8 Å². The first kappa shape index (κ1) is 23.2. The van der Waals surface area contributed by atoms with Crippen molar-refractivity contribution >= 4 is 34.0 Å². The van der Waals surface area contributed by atoms with Gasteiger partial charge in [-0.2, -0.15) is 0 Å². The third-order valence-corrected chi connectivity index (χ3v) is 6.65. The molecule has 1 aliphatic rings. The summed E-state index contributed by atoms with van der Waals surface area (Å²) in [7, 11) is 1.44. The lowest BCUT2D eigenvalue weighted by Gasteiger charge is -2.26. The van der Waals surface area contributed by atoms with Crippen LogP contribution in [0.5, 0.6) is 11.5 Å². The maximum atomic E-state index is 13.4. The summed E-state index contributed by atoms with van der Waals surface area (Å²) in [6.07, 6.45) is 1.62. The first-order chi connectivity index (χ1) is 17.3. The second-order valence-electron chi connectivity index (χ2n) is 9.09. The number of H-pyrrole nitrogens is 1. The Morgan fingerprint density at radius 3 is 2.42 bits per heavy atom. The summed E-state index contributed by atoms with van der Waals surface area (Å²) in [6, 6.07) is 18.5. The minimum Gasteiger partial charge on any atom is -0.507 e. The van der Waals surface area contributed by atoms with E-state index in [0.29, 0.717) is 22.7 Å². The van der Waals surface area contributed by atoms with E-state index in [9.17, 15) is 19.8 Å². The zero-order valence-electron chi connectivity index (χ0n) is 20.1. The van der Waals surface area contributed by atoms with E-state index in [2.05, 4.69) is 18.8 Å². The predicted octanol–water partition coefficient (Wildman–Crippen LogP) is 5.63. The van der Waals surface area contributed by atoms with Crippen LogP contribution in [0.2, 0.25) is 0 Å². The van der Waals surface area contributed by atoms with Gasteiger partial charge in [0.15, 0.2) is 11.5 Å². The number of aromatic hydroxyl groups is 1. The first-order valence-corrected chi connectivity index (χ1v) is 11.7. The summed E-state index contributed by atoms with van der Waals surface area (Å²) in [6.45, 7) is 4.14. The minimum atomic E-state index is -0.958. The second kappa shape index (κ2) is 8.92. The van der Waals surface area contributed by atoms with Crippen LogP contribution in [0.15, 0.2) is 78.5 Å². The van der Waals surface area contributed by atoms with Crippen molar-refractivity contribution in [3.8, 4) is 11.5 Å². The highest BCUT2D eigenvalue weighted by atomic mass is 16.5. The molecule has 0 aliphatic carbocycles. The molecule has 0 spiro atoms. The van der Waals surface area contributed by atoms with E-state index in [1.165, 1.54) is 18.1 Å². The molecule has 3 aromatic carbocycles. The number of methoxy groups -OCH3 is 1. The summed E-state index contributed by atoms with van der Waals surface area (Å²) in [4.78, 5) is 31.3. The zero-order chi connectivity index (χ0) is 25.6. The van der Waals surface area contributed by atoms with Gasteiger partial charge in [0.25, 0.3) is 11.7 Å². The topological polar surface area (TPSA) is 103 Å². The number of aromatic nitrogens is 1. The molecule has 1 saturated heterocycles. The van der Waals surface area contributed by atoms with E-state index in [1.807, 2.05) is 36.4 Å². The number of aromatic amines is 1. The summed E-state index contributed by atoms with van der Waals surface area (Å²) in [5.74, 6) is -1.42. The average molecular weight is 483 g/mol. The molecule has 0 radical (unpaired) electrons. The van der Waals surface area contributed by atoms with Crippen LogP contribution in [-0.2, 0) is 9.59 Å². The van der Waals surface area contributed by atoms with Crippen molar-refractivity contribution in [3.63, 3.8) is 0 Å². The number of amides is 1. The van der Waals surface area contributed by atoms with Crippen molar-refractivity contribution < 1.29 is 24.5 Å². The number of phenolic OH excluding ortho intramolecular Hbond substituents is 1. The van der Waals surface area contributed by atoms with Crippen LogP contribution in [0.3, 0.4) is 0 Å². The third kappa shape index (κ3) is 3.69. The fourth-order valence-electron chi connectivity index (χ4n) is 4.72. The number of rotatable bonds is 5. The largest absolute Gasteiger partial charge is 0.507 e. The number of anilines is 1. The van der Waals surface area contributed by atoms with Crippen LogP contribution in [0.25, 0.3) is 16.7 Å². The SMILES string of the molecule is COc1ccc(C2/C(=C(/O)c3c[nH]c4ccccc34)C(=O)C(=O)N2c2ccc(C(C)C)cc2)cc1O. The van der Waals surface area contributed by atoms with Gasteiger partial charge in [-0.15, -0.1) is 0 Å². The number of hydrogen-bond acceptors (Lipinski definition) is 5. The smallest absolute Gasteiger partial charge is 0.300 e. The number of benzene rings is 3. The molecular weight excluding hydrogens is 456 g/mol. The number of nitrogens with one attached hydrogen (secondary N) is 1. The van der Waals surface area contributed by atoms with Crippen molar-refractivity contribution in [1.82, 2.24) is 4.98 Å². The van der Waals surface area contributed by atoms with Gasteiger partial charge >= 0.3 is 0 Å². The lowest BCUT2D eigenvalue weighted by Crippen LogP contribution is -2.29. The monoisotopic (exact) mass is 482 g/mol. The van der Waals surface area contributed by atoms with E-state index < -0.39 is 17.7 Å². The van der Waals surface area contributed by atoms with E-state index in [4.69, 9.17) is 4.74 Å². The summed E-state index contributed by atoms with van der Waals surface area (Å²) < 4.78 is 5.17. The number of hydrogen-bond donors (Lipinski definition) is 3. The van der Waals surface area contributed by atoms with Crippen LogP contribution in [0.4, 0.5) is 5.69 Å². The van der Waals surface area contributed by atoms with Gasteiger partial charge in [-0.25, -0.2) is 0 Å². The Kier molecular flexibility index (Phi) is 5.76. The molecule has 7 nitrogen and oxygen atoms in total. The third-order valence-electron chi connectivity index (χ3n) is 6.65. The predicted molar refractivity (Wildman–Crippen MR) is 138 cm³/mol. The fourth-order valence-corrected chi connectivity index (χ4v) is 4.72. The molecule has 5 rings (SSSR count). The molecule has 1 unspecified atom stereocenters. The molecule has 7 heteroatoms. The zero-order valence-corrected chi connectivity index (χ0v) is 20.1. The molecule has 36 heavy (non-hydrogen) atoms. The number of carbonyl (C=O) groups excluding carboxylic acids is 2. The van der Waals surface area contributed by atoms with Gasteiger partial charge in [-0.3, -0.25) is 14.5 Å². The van der Waals surface area contributed by atoms with Gasteiger partial charge in [0.05, 0.1) is 18.7 Å². The Balaban J connectivity index is 1.73. The highest BCUT2D eigenvalue weighted by Crippen LogP contribution is 2.44. The van der Waals surface area contributed by atoms with Gasteiger partial charge in [0.2, 0.25) is 0 Å². The van der Waals surface area contributed by atoms with Gasteiger partial charge in [-0.05, 0) is 47.4 Å². The van der Waals surface area contributed by atoms with Crippen molar-refractivity contribution in [1.29, 1.82) is 0 Å². The quantitative estimate of drug-likeness (QED) is 0.194. The minimum absolute atomic E-state index is 0.0535. The Labute approximate surface area is 208 Å². The maximum Gasteiger partial charge on any atom is 0.300 e. The summed E-state index contributed by atoms with van der Waals surface area (Å²) >= 11 is 0. The number of fused-ring (bicyclic) bond motifs is 1. The molecule has 0 saturated carbocycles. The van der Waals surface area contributed by atoms with E-state index in [1.54, 1.807) is 30.5 Å². The fraction of sp³-hybridized carbons (Fsp3) is 0.172.